The minimum absolute atomic E-state index is 0. The summed E-state index contributed by atoms with van der Waals surface area (Å²) in [5, 5.41) is 20.9. The van der Waals surface area contributed by atoms with Crippen LogP contribution >= 0.6 is 0 Å². The first-order valence-corrected chi connectivity index (χ1v) is 12.2. The average molecular weight is 404 g/mol. The SMILES string of the molecule is CCCCCCCCCC[N+](CCCCCCCCCC)(C(C)O)C(C)O.[OH-]. The van der Waals surface area contributed by atoms with E-state index in [1.165, 1.54) is 89.9 Å². The minimum atomic E-state index is -0.487. The third-order valence-electron chi connectivity index (χ3n) is 6.34. The summed E-state index contributed by atoms with van der Waals surface area (Å²) in [6.07, 6.45) is 19.8. The smallest absolute Gasteiger partial charge is 0.189 e. The lowest BCUT2D eigenvalue weighted by Gasteiger charge is -2.43. The zero-order valence-electron chi connectivity index (χ0n) is 19.7. The predicted octanol–water partition coefficient (Wildman–Crippen LogP) is 6.58. The van der Waals surface area contributed by atoms with Crippen molar-refractivity contribution in [3.05, 3.63) is 0 Å². The van der Waals surface area contributed by atoms with Crippen molar-refractivity contribution >= 4 is 0 Å². The van der Waals surface area contributed by atoms with Crippen LogP contribution in [-0.4, -0.2) is 45.7 Å². The van der Waals surface area contributed by atoms with Gasteiger partial charge in [-0.05, 0) is 25.7 Å². The molecule has 0 fully saturated rings. The highest BCUT2D eigenvalue weighted by molar-refractivity contribution is 4.53. The first kappa shape index (κ1) is 30.0. The van der Waals surface area contributed by atoms with E-state index >= 15 is 0 Å². The summed E-state index contributed by atoms with van der Waals surface area (Å²) in [6.45, 7) is 10.1. The summed E-state index contributed by atoms with van der Waals surface area (Å²) in [4.78, 5) is 0. The Bertz CT molecular complexity index is 278. The van der Waals surface area contributed by atoms with Crippen molar-refractivity contribution in [1.82, 2.24) is 0 Å². The Morgan fingerprint density at radius 1 is 0.500 bits per heavy atom. The Morgan fingerprint density at radius 3 is 1.00 bits per heavy atom. The fraction of sp³-hybridized carbons (Fsp3) is 1.00. The molecule has 0 radical (unpaired) electrons. The van der Waals surface area contributed by atoms with Crippen molar-refractivity contribution < 1.29 is 20.2 Å². The van der Waals surface area contributed by atoms with Crippen LogP contribution in [-0.2, 0) is 0 Å². The van der Waals surface area contributed by atoms with Gasteiger partial charge >= 0.3 is 0 Å². The fourth-order valence-corrected chi connectivity index (χ4v) is 4.25. The van der Waals surface area contributed by atoms with Gasteiger partial charge in [0, 0.05) is 13.8 Å². The third kappa shape index (κ3) is 13.9. The lowest BCUT2D eigenvalue weighted by Crippen LogP contribution is -2.60. The summed E-state index contributed by atoms with van der Waals surface area (Å²) in [5.41, 5.74) is 0. The maximum absolute atomic E-state index is 10.4. The molecule has 0 saturated carbocycles. The van der Waals surface area contributed by atoms with Crippen LogP contribution in [0.25, 0.3) is 0 Å². The molecule has 0 aromatic heterocycles. The van der Waals surface area contributed by atoms with Gasteiger partial charge in [-0.15, -0.1) is 0 Å². The monoisotopic (exact) mass is 403 g/mol. The molecular formula is C24H53NO3. The van der Waals surface area contributed by atoms with Crippen molar-refractivity contribution in [3.63, 3.8) is 0 Å². The van der Waals surface area contributed by atoms with Crippen LogP contribution in [0.5, 0.6) is 0 Å². The van der Waals surface area contributed by atoms with Crippen LogP contribution < -0.4 is 0 Å². The van der Waals surface area contributed by atoms with E-state index < -0.39 is 12.5 Å². The molecular weight excluding hydrogens is 350 g/mol. The first-order valence-electron chi connectivity index (χ1n) is 12.2. The number of hydrogen-bond donors (Lipinski definition) is 2. The number of aliphatic hydroxyl groups excluding tert-OH is 2. The summed E-state index contributed by atoms with van der Waals surface area (Å²) >= 11 is 0. The predicted molar refractivity (Wildman–Crippen MR) is 121 cm³/mol. The number of rotatable bonds is 20. The fourth-order valence-electron chi connectivity index (χ4n) is 4.25. The third-order valence-corrected chi connectivity index (χ3v) is 6.34. The molecule has 0 saturated heterocycles. The van der Waals surface area contributed by atoms with Crippen molar-refractivity contribution in [2.75, 3.05) is 13.1 Å². The van der Waals surface area contributed by atoms with Gasteiger partial charge in [-0.3, -0.25) is 4.48 Å². The largest absolute Gasteiger partial charge is 0.870 e. The number of hydrogen-bond acceptors (Lipinski definition) is 3. The second-order valence-corrected chi connectivity index (χ2v) is 8.76. The van der Waals surface area contributed by atoms with Gasteiger partial charge in [-0.2, -0.15) is 0 Å². The quantitative estimate of drug-likeness (QED) is 0.137. The summed E-state index contributed by atoms with van der Waals surface area (Å²) in [5.74, 6) is 0. The van der Waals surface area contributed by atoms with Gasteiger partial charge in [0.25, 0.3) is 0 Å². The number of unbranched alkanes of at least 4 members (excludes halogenated alkanes) is 14. The normalized spacial score (nSPS) is 13.9. The molecule has 2 unspecified atom stereocenters. The maximum Gasteiger partial charge on any atom is 0.189 e. The van der Waals surface area contributed by atoms with Gasteiger partial charge in [0.15, 0.2) is 12.5 Å². The van der Waals surface area contributed by atoms with Crippen LogP contribution in [0.4, 0.5) is 0 Å². The molecule has 3 N–H and O–H groups in total. The summed E-state index contributed by atoms with van der Waals surface area (Å²) in [7, 11) is 0. The summed E-state index contributed by atoms with van der Waals surface area (Å²) in [6, 6.07) is 0. The zero-order chi connectivity index (χ0) is 20.4. The van der Waals surface area contributed by atoms with E-state index in [0.29, 0.717) is 4.48 Å². The molecule has 0 aliphatic carbocycles. The second kappa shape index (κ2) is 20.1. The van der Waals surface area contributed by atoms with Crippen molar-refractivity contribution in [1.29, 1.82) is 0 Å². The molecule has 4 heteroatoms. The highest BCUT2D eigenvalue weighted by atomic mass is 16.3. The van der Waals surface area contributed by atoms with Gasteiger partial charge in [0.1, 0.15) is 0 Å². The molecule has 0 bridgehead atoms. The van der Waals surface area contributed by atoms with Gasteiger partial charge in [0.05, 0.1) is 13.1 Å². The lowest BCUT2D eigenvalue weighted by molar-refractivity contribution is -1.01. The molecule has 0 spiro atoms. The van der Waals surface area contributed by atoms with Gasteiger partial charge in [0.2, 0.25) is 0 Å². The maximum atomic E-state index is 10.4. The molecule has 0 heterocycles. The number of aliphatic hydroxyl groups is 2. The molecule has 2 atom stereocenters. The highest BCUT2D eigenvalue weighted by Crippen LogP contribution is 2.22. The van der Waals surface area contributed by atoms with Crippen LogP contribution in [0.2, 0.25) is 0 Å². The van der Waals surface area contributed by atoms with Crippen LogP contribution in [0, 0.1) is 0 Å². The minimum Gasteiger partial charge on any atom is -0.870 e. The van der Waals surface area contributed by atoms with E-state index in [9.17, 15) is 10.2 Å². The van der Waals surface area contributed by atoms with Gasteiger partial charge < -0.3 is 15.7 Å². The molecule has 172 valence electrons. The Hall–Kier alpha value is -0.160. The zero-order valence-corrected chi connectivity index (χ0v) is 19.7. The van der Waals surface area contributed by atoms with E-state index in [0.717, 1.165) is 25.9 Å². The molecule has 0 amide bonds. The van der Waals surface area contributed by atoms with Crippen molar-refractivity contribution in [3.8, 4) is 0 Å². The Balaban J connectivity index is 0. The molecule has 0 aliphatic heterocycles. The molecule has 0 aromatic carbocycles. The van der Waals surface area contributed by atoms with Crippen molar-refractivity contribution in [2.24, 2.45) is 0 Å². The second-order valence-electron chi connectivity index (χ2n) is 8.76. The standard InChI is InChI=1S/C24H52NO2.H2O/c1-5-7-9-11-13-15-17-19-21-25(23(3)26,24(4)27)22-20-18-16-14-12-10-8-6-2;/h23-24,26-27H,5-22H2,1-4H3;1H2/q+1;/p-1. The Labute approximate surface area is 176 Å². The average Bonchev–Trinajstić information content (AvgIpc) is 2.63. The summed E-state index contributed by atoms with van der Waals surface area (Å²) < 4.78 is 0.464. The molecule has 0 rings (SSSR count). The molecule has 0 aromatic rings. The molecule has 28 heavy (non-hydrogen) atoms. The van der Waals surface area contributed by atoms with Crippen molar-refractivity contribution in [2.45, 2.75) is 143 Å². The Morgan fingerprint density at radius 2 is 0.750 bits per heavy atom. The lowest BCUT2D eigenvalue weighted by atomic mass is 10.1. The van der Waals surface area contributed by atoms with E-state index in [4.69, 9.17) is 0 Å². The van der Waals surface area contributed by atoms with Crippen LogP contribution in [0.15, 0.2) is 0 Å². The van der Waals surface area contributed by atoms with E-state index in [-0.39, 0.29) is 5.48 Å². The molecule has 4 nitrogen and oxygen atoms in total. The van der Waals surface area contributed by atoms with Crippen LogP contribution in [0.1, 0.15) is 130 Å². The van der Waals surface area contributed by atoms with Gasteiger partial charge in [-0.25, -0.2) is 0 Å². The van der Waals surface area contributed by atoms with E-state index in [1.54, 1.807) is 0 Å². The number of quaternary nitrogens is 1. The first-order chi connectivity index (χ1) is 13.0. The van der Waals surface area contributed by atoms with E-state index in [2.05, 4.69) is 13.8 Å². The topological polar surface area (TPSA) is 70.5 Å². The van der Waals surface area contributed by atoms with Crippen LogP contribution in [0.3, 0.4) is 0 Å². The van der Waals surface area contributed by atoms with Gasteiger partial charge in [-0.1, -0.05) is 90.9 Å². The highest BCUT2D eigenvalue weighted by Gasteiger charge is 2.36. The Kier molecular flexibility index (Phi) is 21.6. The van der Waals surface area contributed by atoms with E-state index in [1.807, 2.05) is 13.8 Å². The number of nitrogens with zero attached hydrogens (tertiary/aromatic N) is 1. The molecule has 0 aliphatic rings.